The van der Waals surface area contributed by atoms with Gasteiger partial charge < -0.3 is 25.6 Å². The van der Waals surface area contributed by atoms with Crippen LogP contribution in [0.4, 0.5) is 21.9 Å². The number of halogens is 1. The Kier molecular flexibility index (Phi) is 6.92. The highest BCUT2D eigenvalue weighted by Gasteiger charge is 2.31. The summed E-state index contributed by atoms with van der Waals surface area (Å²) < 4.78 is 5.37. The minimum absolute atomic E-state index is 0.167. The Hall–Kier alpha value is -3.10. The van der Waals surface area contributed by atoms with Gasteiger partial charge in [-0.1, -0.05) is 23.7 Å². The summed E-state index contributed by atoms with van der Waals surface area (Å²) in [6, 6.07) is 12.8. The number of rotatable bonds is 5. The second kappa shape index (κ2) is 10.0. The Bertz CT molecular complexity index is 992. The van der Waals surface area contributed by atoms with Crippen molar-refractivity contribution in [3.05, 3.63) is 53.6 Å². The zero-order valence-corrected chi connectivity index (χ0v) is 18.2. The van der Waals surface area contributed by atoms with Gasteiger partial charge in [0.25, 0.3) is 5.91 Å². The van der Waals surface area contributed by atoms with Crippen LogP contribution in [0.1, 0.15) is 25.7 Å². The fourth-order valence-electron chi connectivity index (χ4n) is 3.89. The summed E-state index contributed by atoms with van der Waals surface area (Å²) >= 11 is 6.24. The molecule has 32 heavy (non-hydrogen) atoms. The lowest BCUT2D eigenvalue weighted by Gasteiger charge is -2.33. The number of carbonyl (C=O) groups excluding carboxylic acids is 3. The summed E-state index contributed by atoms with van der Waals surface area (Å²) in [5.41, 5.74) is 1.81. The van der Waals surface area contributed by atoms with Gasteiger partial charge in [0.2, 0.25) is 5.91 Å². The van der Waals surface area contributed by atoms with Crippen molar-refractivity contribution in [2.24, 2.45) is 0 Å². The zero-order valence-electron chi connectivity index (χ0n) is 17.5. The van der Waals surface area contributed by atoms with Crippen LogP contribution in [-0.2, 0) is 14.3 Å². The van der Waals surface area contributed by atoms with Crippen molar-refractivity contribution in [1.29, 1.82) is 0 Å². The van der Waals surface area contributed by atoms with E-state index in [4.69, 9.17) is 16.3 Å². The van der Waals surface area contributed by atoms with Crippen LogP contribution >= 0.6 is 11.6 Å². The molecule has 8 nitrogen and oxygen atoms in total. The number of piperidine rings is 1. The third-order valence-corrected chi connectivity index (χ3v) is 5.84. The maximum Gasteiger partial charge on any atom is 0.319 e. The minimum Gasteiger partial charge on any atom is -0.368 e. The number of carbonyl (C=O) groups is 3. The molecular weight excluding hydrogens is 432 g/mol. The van der Waals surface area contributed by atoms with E-state index in [0.29, 0.717) is 41.7 Å². The Labute approximate surface area is 191 Å². The average Bonchev–Trinajstić information content (AvgIpc) is 3.32. The van der Waals surface area contributed by atoms with Crippen LogP contribution in [0.15, 0.2) is 48.5 Å². The molecule has 0 radical (unpaired) electrons. The molecule has 9 heteroatoms. The zero-order chi connectivity index (χ0) is 22.5. The Morgan fingerprint density at radius 1 is 0.969 bits per heavy atom. The lowest BCUT2D eigenvalue weighted by atomic mass is 10.0. The molecule has 0 spiro atoms. The van der Waals surface area contributed by atoms with Gasteiger partial charge in [0.15, 0.2) is 0 Å². The van der Waals surface area contributed by atoms with Crippen LogP contribution in [-0.4, -0.2) is 43.1 Å². The maximum absolute atomic E-state index is 12.9. The molecule has 4 amide bonds. The van der Waals surface area contributed by atoms with Gasteiger partial charge in [0.1, 0.15) is 12.1 Å². The van der Waals surface area contributed by atoms with Crippen molar-refractivity contribution < 1.29 is 19.1 Å². The number of nitrogens with zero attached hydrogens (tertiary/aromatic N) is 1. The molecular formula is C23H25ClN4O4. The molecule has 0 bridgehead atoms. The Balaban J connectivity index is 1.31. The number of amides is 4. The van der Waals surface area contributed by atoms with E-state index in [1.165, 1.54) is 0 Å². The molecule has 2 atom stereocenters. The second-order valence-electron chi connectivity index (χ2n) is 7.80. The van der Waals surface area contributed by atoms with Crippen molar-refractivity contribution in [2.45, 2.75) is 37.8 Å². The minimum atomic E-state index is -0.634. The van der Waals surface area contributed by atoms with Gasteiger partial charge in [-0.2, -0.15) is 0 Å². The first kappa shape index (κ1) is 22.1. The lowest BCUT2D eigenvalue weighted by molar-refractivity contribution is -0.124. The number of nitrogens with one attached hydrogen (secondary N) is 3. The smallest absolute Gasteiger partial charge is 0.319 e. The highest BCUT2D eigenvalue weighted by Crippen LogP contribution is 2.28. The summed E-state index contributed by atoms with van der Waals surface area (Å²) in [6.45, 7) is 1.16. The molecule has 0 aliphatic carbocycles. The summed E-state index contributed by atoms with van der Waals surface area (Å²) in [5, 5.41) is 8.78. The highest BCUT2D eigenvalue weighted by atomic mass is 35.5. The van der Waals surface area contributed by atoms with Crippen LogP contribution in [0.2, 0.25) is 5.02 Å². The number of hydrogen-bond donors (Lipinski definition) is 3. The number of urea groups is 1. The molecule has 2 aromatic rings. The fourth-order valence-corrected chi connectivity index (χ4v) is 4.13. The third kappa shape index (κ3) is 5.20. The van der Waals surface area contributed by atoms with Gasteiger partial charge in [-0.3, -0.25) is 9.59 Å². The SMILES string of the molecule is O=C(Nc1ccc(NC(=O)C2CCCO2)cc1)NC1CCCN(c2ccccc2Cl)C1=O. The fraction of sp³-hybridized carbons (Fsp3) is 0.348. The monoisotopic (exact) mass is 456 g/mol. The van der Waals surface area contributed by atoms with Gasteiger partial charge in [0, 0.05) is 24.5 Å². The molecule has 2 fully saturated rings. The summed E-state index contributed by atoms with van der Waals surface area (Å²) in [5.74, 6) is -0.355. The van der Waals surface area contributed by atoms with Crippen molar-refractivity contribution >= 4 is 46.5 Å². The summed E-state index contributed by atoms with van der Waals surface area (Å²) in [4.78, 5) is 39.1. The van der Waals surface area contributed by atoms with E-state index >= 15 is 0 Å². The van der Waals surface area contributed by atoms with E-state index in [1.54, 1.807) is 41.3 Å². The largest absolute Gasteiger partial charge is 0.368 e. The van der Waals surface area contributed by atoms with Crippen LogP contribution in [0, 0.1) is 0 Å². The lowest BCUT2D eigenvalue weighted by Crippen LogP contribution is -2.53. The molecule has 2 aliphatic rings. The quantitative estimate of drug-likeness (QED) is 0.637. The van der Waals surface area contributed by atoms with Crippen molar-refractivity contribution in [2.75, 3.05) is 28.7 Å². The predicted octanol–water partition coefficient (Wildman–Crippen LogP) is 3.77. The Morgan fingerprint density at radius 2 is 1.69 bits per heavy atom. The van der Waals surface area contributed by atoms with Crippen molar-refractivity contribution in [1.82, 2.24) is 5.32 Å². The van der Waals surface area contributed by atoms with E-state index in [1.807, 2.05) is 12.1 Å². The predicted molar refractivity (Wildman–Crippen MR) is 123 cm³/mol. The third-order valence-electron chi connectivity index (χ3n) is 5.52. The topological polar surface area (TPSA) is 99.8 Å². The maximum atomic E-state index is 12.9. The Morgan fingerprint density at radius 3 is 2.38 bits per heavy atom. The molecule has 4 rings (SSSR count). The molecule has 2 saturated heterocycles. The first-order chi connectivity index (χ1) is 15.5. The molecule has 2 unspecified atom stereocenters. The van der Waals surface area contributed by atoms with Crippen LogP contribution < -0.4 is 20.9 Å². The molecule has 168 valence electrons. The van der Waals surface area contributed by atoms with Crippen molar-refractivity contribution in [3.63, 3.8) is 0 Å². The van der Waals surface area contributed by atoms with Crippen LogP contribution in [0.5, 0.6) is 0 Å². The first-order valence-corrected chi connectivity index (χ1v) is 11.0. The first-order valence-electron chi connectivity index (χ1n) is 10.7. The molecule has 2 aliphatic heterocycles. The average molecular weight is 457 g/mol. The van der Waals surface area contributed by atoms with E-state index in [0.717, 1.165) is 19.3 Å². The number of ether oxygens (including phenoxy) is 1. The van der Waals surface area contributed by atoms with Gasteiger partial charge in [-0.25, -0.2) is 4.79 Å². The summed E-state index contributed by atoms with van der Waals surface area (Å²) in [6.07, 6.45) is 2.51. The molecule has 2 aromatic carbocycles. The van der Waals surface area contributed by atoms with E-state index in [9.17, 15) is 14.4 Å². The number of para-hydroxylation sites is 1. The molecule has 2 heterocycles. The normalized spacial score (nSPS) is 20.7. The van der Waals surface area contributed by atoms with Crippen LogP contribution in [0.3, 0.4) is 0 Å². The molecule has 0 aromatic heterocycles. The highest BCUT2D eigenvalue weighted by molar-refractivity contribution is 6.33. The summed E-state index contributed by atoms with van der Waals surface area (Å²) in [7, 11) is 0. The standard InChI is InChI=1S/C23H25ClN4O4/c24-17-5-1-2-7-19(17)28-13-3-6-18(22(28)30)27-23(31)26-16-11-9-15(10-12-16)25-21(29)20-8-4-14-32-20/h1-2,5,7,9-12,18,20H,3-4,6,8,13-14H2,(H,25,29)(H2,26,27,31). The van der Waals surface area contributed by atoms with Crippen LogP contribution in [0.25, 0.3) is 0 Å². The number of anilines is 3. The molecule has 0 saturated carbocycles. The van der Waals surface area contributed by atoms with Gasteiger partial charge in [0.05, 0.1) is 10.7 Å². The van der Waals surface area contributed by atoms with E-state index in [-0.39, 0.29) is 11.8 Å². The van der Waals surface area contributed by atoms with Gasteiger partial charge in [-0.15, -0.1) is 0 Å². The van der Waals surface area contributed by atoms with Gasteiger partial charge >= 0.3 is 6.03 Å². The second-order valence-corrected chi connectivity index (χ2v) is 8.21. The van der Waals surface area contributed by atoms with Gasteiger partial charge in [-0.05, 0) is 62.1 Å². The number of benzene rings is 2. The number of hydrogen-bond acceptors (Lipinski definition) is 4. The van der Waals surface area contributed by atoms with Crippen molar-refractivity contribution in [3.8, 4) is 0 Å². The van der Waals surface area contributed by atoms with E-state index in [2.05, 4.69) is 16.0 Å². The van der Waals surface area contributed by atoms with E-state index < -0.39 is 18.2 Å². The molecule has 3 N–H and O–H groups in total.